The van der Waals surface area contributed by atoms with Gasteiger partial charge in [0.25, 0.3) is 0 Å². The molecule has 0 saturated heterocycles. The molecule has 1 N–H and O–H groups in total. The number of carbonyl (C=O) groups excluding carboxylic acids is 1. The summed E-state index contributed by atoms with van der Waals surface area (Å²) in [5, 5.41) is 2.70. The quantitative estimate of drug-likeness (QED) is 0.668. The summed E-state index contributed by atoms with van der Waals surface area (Å²) in [6.45, 7) is 1.80. The van der Waals surface area contributed by atoms with Gasteiger partial charge in [0.15, 0.2) is 0 Å². The Morgan fingerprint density at radius 1 is 1.00 bits per heavy atom. The number of rotatable bonds is 8. The summed E-state index contributed by atoms with van der Waals surface area (Å²) in [5.41, 5.74) is 2.17. The van der Waals surface area contributed by atoms with E-state index >= 15 is 0 Å². The van der Waals surface area contributed by atoms with Crippen LogP contribution < -0.4 is 9.62 Å². The van der Waals surface area contributed by atoms with Crippen molar-refractivity contribution in [2.45, 2.75) is 18.4 Å². The largest absolute Gasteiger partial charge is 0.350 e. The van der Waals surface area contributed by atoms with Crippen molar-refractivity contribution in [3.8, 4) is 0 Å². The fourth-order valence-corrected chi connectivity index (χ4v) is 4.36. The van der Waals surface area contributed by atoms with Crippen molar-refractivity contribution in [2.75, 3.05) is 31.2 Å². The van der Waals surface area contributed by atoms with Gasteiger partial charge in [0, 0.05) is 20.6 Å². The zero-order chi connectivity index (χ0) is 21.8. The van der Waals surface area contributed by atoms with Crippen LogP contribution in [-0.2, 0) is 31.4 Å². The lowest BCUT2D eigenvalue weighted by molar-refractivity contribution is -0.119. The normalized spacial score (nSPS) is 12.0. The van der Waals surface area contributed by atoms with E-state index in [1.807, 2.05) is 31.2 Å². The lowest BCUT2D eigenvalue weighted by Gasteiger charge is -2.22. The molecule has 0 spiro atoms. The summed E-state index contributed by atoms with van der Waals surface area (Å²) in [4.78, 5) is 12.4. The lowest BCUT2D eigenvalue weighted by Crippen LogP contribution is -2.40. The molecule has 0 atom stereocenters. The van der Waals surface area contributed by atoms with Crippen LogP contribution in [0.5, 0.6) is 0 Å². The zero-order valence-electron chi connectivity index (χ0n) is 16.8. The van der Waals surface area contributed by atoms with Gasteiger partial charge in [0.05, 0.1) is 16.8 Å². The molecule has 0 bridgehead atoms. The smallest absolute Gasteiger partial charge is 0.242 e. The molecule has 0 fully saturated rings. The molecule has 0 aliphatic carbocycles. The maximum atomic E-state index is 12.3. The SMILES string of the molecule is Cc1cccc(CNC(=O)CN(c2ccc(S(=O)(=O)N(C)C)cc2)S(C)(=O)=O)c1. The second kappa shape index (κ2) is 8.93. The Balaban J connectivity index is 2.17. The predicted octanol–water partition coefficient (Wildman–Crippen LogP) is 1.33. The summed E-state index contributed by atoms with van der Waals surface area (Å²) in [5.74, 6) is -0.470. The van der Waals surface area contributed by atoms with Crippen molar-refractivity contribution in [2.24, 2.45) is 0 Å². The first kappa shape index (κ1) is 22.9. The number of carbonyl (C=O) groups is 1. The van der Waals surface area contributed by atoms with Gasteiger partial charge < -0.3 is 5.32 Å². The number of benzene rings is 2. The van der Waals surface area contributed by atoms with Gasteiger partial charge in [-0.3, -0.25) is 9.10 Å². The highest BCUT2D eigenvalue weighted by atomic mass is 32.2. The van der Waals surface area contributed by atoms with Crippen LogP contribution in [0, 0.1) is 6.92 Å². The van der Waals surface area contributed by atoms with Crippen LogP contribution in [0.1, 0.15) is 11.1 Å². The van der Waals surface area contributed by atoms with Gasteiger partial charge in [-0.25, -0.2) is 21.1 Å². The molecule has 0 aliphatic heterocycles. The lowest BCUT2D eigenvalue weighted by atomic mass is 10.1. The first-order chi connectivity index (χ1) is 13.4. The standard InChI is InChI=1S/C19H25N3O5S2/c1-15-6-5-7-16(12-15)13-20-19(23)14-22(28(4,24)25)17-8-10-18(11-9-17)29(26,27)21(2)3/h5-12H,13-14H2,1-4H3,(H,20,23). The number of hydrogen-bond acceptors (Lipinski definition) is 5. The van der Waals surface area contributed by atoms with Gasteiger partial charge in [-0.2, -0.15) is 0 Å². The fraction of sp³-hybridized carbons (Fsp3) is 0.316. The second-order valence-corrected chi connectivity index (χ2v) is 10.9. The molecule has 0 heterocycles. The molecule has 0 unspecified atom stereocenters. The third kappa shape index (κ3) is 6.02. The third-order valence-corrected chi connectivity index (χ3v) is 7.13. The van der Waals surface area contributed by atoms with Gasteiger partial charge in [-0.15, -0.1) is 0 Å². The van der Waals surface area contributed by atoms with E-state index in [0.29, 0.717) is 0 Å². The Labute approximate surface area is 172 Å². The summed E-state index contributed by atoms with van der Waals surface area (Å²) < 4.78 is 50.7. The van der Waals surface area contributed by atoms with Gasteiger partial charge >= 0.3 is 0 Å². The minimum atomic E-state index is -3.75. The van der Waals surface area contributed by atoms with Crippen molar-refractivity contribution in [3.05, 3.63) is 59.7 Å². The van der Waals surface area contributed by atoms with Crippen LogP contribution in [0.25, 0.3) is 0 Å². The number of amides is 1. The maximum absolute atomic E-state index is 12.3. The Morgan fingerprint density at radius 2 is 1.62 bits per heavy atom. The highest BCUT2D eigenvalue weighted by Crippen LogP contribution is 2.21. The second-order valence-electron chi connectivity index (χ2n) is 6.82. The first-order valence-electron chi connectivity index (χ1n) is 8.74. The van der Waals surface area contributed by atoms with Crippen LogP contribution in [0.3, 0.4) is 0 Å². The molecule has 0 aromatic heterocycles. The van der Waals surface area contributed by atoms with Crippen LogP contribution in [0.15, 0.2) is 53.4 Å². The number of hydrogen-bond donors (Lipinski definition) is 1. The zero-order valence-corrected chi connectivity index (χ0v) is 18.4. The molecule has 2 aromatic carbocycles. The molecule has 0 radical (unpaired) electrons. The molecule has 0 aliphatic rings. The summed E-state index contributed by atoms with van der Waals surface area (Å²) in [6, 6.07) is 13.0. The monoisotopic (exact) mass is 439 g/mol. The average molecular weight is 440 g/mol. The Bertz CT molecular complexity index is 1080. The molecule has 10 heteroatoms. The average Bonchev–Trinajstić information content (AvgIpc) is 2.63. The van der Waals surface area contributed by atoms with Crippen LogP contribution >= 0.6 is 0 Å². The predicted molar refractivity (Wildman–Crippen MR) is 113 cm³/mol. The third-order valence-electron chi connectivity index (χ3n) is 4.16. The summed E-state index contributed by atoms with van der Waals surface area (Å²) >= 11 is 0. The van der Waals surface area contributed by atoms with Crippen molar-refractivity contribution < 1.29 is 21.6 Å². The van der Waals surface area contributed by atoms with Gasteiger partial charge in [-0.1, -0.05) is 29.8 Å². The number of aryl methyl sites for hydroxylation is 1. The Morgan fingerprint density at radius 3 is 2.14 bits per heavy atom. The molecule has 0 saturated carbocycles. The van der Waals surface area contributed by atoms with Gasteiger partial charge in [0.1, 0.15) is 6.54 Å². The van der Waals surface area contributed by atoms with E-state index < -0.39 is 32.5 Å². The van der Waals surface area contributed by atoms with E-state index in [1.165, 1.54) is 38.4 Å². The Hall–Kier alpha value is -2.43. The van der Waals surface area contributed by atoms with Crippen molar-refractivity contribution >= 4 is 31.6 Å². The molecule has 2 aromatic rings. The molecular weight excluding hydrogens is 414 g/mol. The summed E-state index contributed by atoms with van der Waals surface area (Å²) in [6.07, 6.45) is 0.991. The Kier molecular flexibility index (Phi) is 7.04. The number of nitrogens with one attached hydrogen (secondary N) is 1. The van der Waals surface area contributed by atoms with Crippen molar-refractivity contribution in [1.82, 2.24) is 9.62 Å². The fourth-order valence-electron chi connectivity index (χ4n) is 2.60. The minimum absolute atomic E-state index is 0.0311. The minimum Gasteiger partial charge on any atom is -0.350 e. The van der Waals surface area contributed by atoms with Crippen LogP contribution in [-0.4, -0.2) is 53.9 Å². The van der Waals surface area contributed by atoms with Gasteiger partial charge in [-0.05, 0) is 36.8 Å². The molecule has 2 rings (SSSR count). The van der Waals surface area contributed by atoms with Crippen molar-refractivity contribution in [1.29, 1.82) is 0 Å². The number of anilines is 1. The van der Waals surface area contributed by atoms with E-state index in [-0.39, 0.29) is 17.1 Å². The van der Waals surface area contributed by atoms with E-state index in [9.17, 15) is 21.6 Å². The van der Waals surface area contributed by atoms with Gasteiger partial charge in [0.2, 0.25) is 26.0 Å². The van der Waals surface area contributed by atoms with E-state index in [4.69, 9.17) is 0 Å². The highest BCUT2D eigenvalue weighted by Gasteiger charge is 2.22. The van der Waals surface area contributed by atoms with E-state index in [1.54, 1.807) is 0 Å². The van der Waals surface area contributed by atoms with Crippen molar-refractivity contribution in [3.63, 3.8) is 0 Å². The van der Waals surface area contributed by atoms with E-state index in [2.05, 4.69) is 5.32 Å². The first-order valence-corrected chi connectivity index (χ1v) is 12.0. The molecule has 29 heavy (non-hydrogen) atoms. The maximum Gasteiger partial charge on any atom is 0.242 e. The number of nitrogens with zero attached hydrogens (tertiary/aromatic N) is 2. The number of sulfonamides is 2. The molecule has 1 amide bonds. The van der Waals surface area contributed by atoms with Crippen LogP contribution in [0.2, 0.25) is 0 Å². The summed E-state index contributed by atoms with van der Waals surface area (Å²) in [7, 11) is -4.57. The van der Waals surface area contributed by atoms with Crippen LogP contribution in [0.4, 0.5) is 5.69 Å². The molecular formula is C19H25N3O5S2. The highest BCUT2D eigenvalue weighted by molar-refractivity contribution is 7.92. The topological polar surface area (TPSA) is 104 Å². The molecule has 8 nitrogen and oxygen atoms in total. The molecule has 158 valence electrons. The van der Waals surface area contributed by atoms with E-state index in [0.717, 1.165) is 26.0 Å².